The van der Waals surface area contributed by atoms with E-state index in [1.54, 1.807) is 0 Å². The van der Waals surface area contributed by atoms with Gasteiger partial charge in [-0.3, -0.25) is 0 Å². The maximum absolute atomic E-state index is 6.55. The van der Waals surface area contributed by atoms with Gasteiger partial charge in [-0.05, 0) is 58.3 Å². The molecule has 54 heavy (non-hydrogen) atoms. The Bertz CT molecular complexity index is 3220. The standard InChI is InChI=1S/C49H30N4O/c1-3-14-31(15-4-1)33-20-13-21-36(26-33)48-50-47(32-16-5-2-6-17-32)51-49(52-48)41-29-40-38-23-10-12-25-45(38)54-46(40)30-44(41)53-42-24-11-9-22-37(42)39-27-34-18-7-8-19-35(34)28-43(39)53/h1-30H. The minimum absolute atomic E-state index is 0.581. The predicted molar refractivity (Wildman–Crippen MR) is 221 cm³/mol. The smallest absolute Gasteiger partial charge is 0.166 e. The maximum Gasteiger partial charge on any atom is 0.166 e. The van der Waals surface area contributed by atoms with E-state index in [0.29, 0.717) is 17.5 Å². The van der Waals surface area contributed by atoms with Gasteiger partial charge in [0.2, 0.25) is 0 Å². The molecule has 0 aliphatic rings. The Morgan fingerprint density at radius 1 is 0.352 bits per heavy atom. The molecule has 0 bridgehead atoms. The predicted octanol–water partition coefficient (Wildman–Crippen LogP) is 12.7. The van der Waals surface area contributed by atoms with Gasteiger partial charge in [0.15, 0.2) is 17.5 Å². The van der Waals surface area contributed by atoms with Gasteiger partial charge in [0.25, 0.3) is 0 Å². The van der Waals surface area contributed by atoms with Gasteiger partial charge in [-0.2, -0.15) is 0 Å². The summed E-state index contributed by atoms with van der Waals surface area (Å²) in [6.45, 7) is 0. The van der Waals surface area contributed by atoms with Crippen molar-refractivity contribution >= 4 is 54.5 Å². The van der Waals surface area contributed by atoms with Gasteiger partial charge >= 0.3 is 0 Å². The fourth-order valence-electron chi connectivity index (χ4n) is 7.85. The lowest BCUT2D eigenvalue weighted by Crippen LogP contribution is -2.04. The van der Waals surface area contributed by atoms with E-state index in [1.807, 2.05) is 36.4 Å². The maximum atomic E-state index is 6.55. The van der Waals surface area contributed by atoms with Gasteiger partial charge in [-0.25, -0.2) is 15.0 Å². The van der Waals surface area contributed by atoms with Crippen molar-refractivity contribution in [1.29, 1.82) is 0 Å². The van der Waals surface area contributed by atoms with Gasteiger partial charge in [-0.15, -0.1) is 0 Å². The van der Waals surface area contributed by atoms with E-state index in [-0.39, 0.29) is 0 Å². The van der Waals surface area contributed by atoms with Crippen molar-refractivity contribution in [3.8, 4) is 51.0 Å². The quantitative estimate of drug-likeness (QED) is 0.180. The number of para-hydroxylation sites is 2. The molecule has 3 aromatic heterocycles. The van der Waals surface area contributed by atoms with Crippen LogP contribution in [0.25, 0.3) is 105 Å². The zero-order valence-corrected chi connectivity index (χ0v) is 29.0. The Balaban J connectivity index is 1.24. The van der Waals surface area contributed by atoms with Crippen LogP contribution in [-0.4, -0.2) is 19.5 Å². The molecule has 0 atom stereocenters. The fourth-order valence-corrected chi connectivity index (χ4v) is 7.85. The largest absolute Gasteiger partial charge is 0.456 e. The lowest BCUT2D eigenvalue weighted by Gasteiger charge is -2.15. The highest BCUT2D eigenvalue weighted by Gasteiger charge is 2.22. The van der Waals surface area contributed by atoms with E-state index in [9.17, 15) is 0 Å². The van der Waals surface area contributed by atoms with Crippen molar-refractivity contribution in [2.24, 2.45) is 0 Å². The summed E-state index contributed by atoms with van der Waals surface area (Å²) >= 11 is 0. The van der Waals surface area contributed by atoms with E-state index in [4.69, 9.17) is 19.4 Å². The summed E-state index contributed by atoms with van der Waals surface area (Å²) in [5.74, 6) is 1.79. The van der Waals surface area contributed by atoms with Gasteiger partial charge in [0, 0.05) is 44.3 Å². The molecule has 0 amide bonds. The molecule has 0 aliphatic heterocycles. The molecule has 0 saturated carbocycles. The third-order valence-corrected chi connectivity index (χ3v) is 10.4. The highest BCUT2D eigenvalue weighted by Crippen LogP contribution is 2.41. The molecule has 8 aromatic carbocycles. The molecule has 11 rings (SSSR count). The summed E-state index contributed by atoms with van der Waals surface area (Å²) in [6.07, 6.45) is 0. The van der Waals surface area contributed by atoms with E-state index in [2.05, 4.69) is 150 Å². The van der Waals surface area contributed by atoms with Gasteiger partial charge in [0.05, 0.1) is 16.7 Å². The molecule has 5 nitrogen and oxygen atoms in total. The summed E-state index contributed by atoms with van der Waals surface area (Å²) in [5.41, 5.74) is 9.70. The van der Waals surface area contributed by atoms with Crippen molar-refractivity contribution in [1.82, 2.24) is 19.5 Å². The first-order valence-electron chi connectivity index (χ1n) is 18.1. The molecule has 5 heteroatoms. The Labute approximate surface area is 310 Å². The van der Waals surface area contributed by atoms with Crippen LogP contribution in [0.3, 0.4) is 0 Å². The Morgan fingerprint density at radius 2 is 0.963 bits per heavy atom. The minimum atomic E-state index is 0.581. The number of fused-ring (bicyclic) bond motifs is 7. The van der Waals surface area contributed by atoms with Crippen LogP contribution in [0, 0.1) is 0 Å². The van der Waals surface area contributed by atoms with Crippen LogP contribution in [0.15, 0.2) is 186 Å². The summed E-state index contributed by atoms with van der Waals surface area (Å²) in [6, 6.07) is 63.3. The first-order valence-corrected chi connectivity index (χ1v) is 18.1. The van der Waals surface area contributed by atoms with E-state index < -0.39 is 0 Å². The molecule has 0 radical (unpaired) electrons. The van der Waals surface area contributed by atoms with Gasteiger partial charge in [-0.1, -0.05) is 140 Å². The molecular formula is C49H30N4O. The van der Waals surface area contributed by atoms with E-state index in [0.717, 1.165) is 66.5 Å². The number of aromatic nitrogens is 4. The van der Waals surface area contributed by atoms with Crippen molar-refractivity contribution in [2.75, 3.05) is 0 Å². The topological polar surface area (TPSA) is 56.7 Å². The number of hydrogen-bond acceptors (Lipinski definition) is 4. The van der Waals surface area contributed by atoms with Gasteiger partial charge in [0.1, 0.15) is 11.2 Å². The van der Waals surface area contributed by atoms with E-state index >= 15 is 0 Å². The average molecular weight is 691 g/mol. The van der Waals surface area contributed by atoms with Crippen LogP contribution in [0.4, 0.5) is 0 Å². The number of nitrogens with zero attached hydrogens (tertiary/aromatic N) is 4. The molecule has 0 saturated heterocycles. The summed E-state index contributed by atoms with van der Waals surface area (Å²) in [7, 11) is 0. The second-order valence-corrected chi connectivity index (χ2v) is 13.7. The van der Waals surface area contributed by atoms with Crippen molar-refractivity contribution < 1.29 is 4.42 Å². The first kappa shape index (κ1) is 30.3. The normalized spacial score (nSPS) is 11.7. The molecule has 3 heterocycles. The van der Waals surface area contributed by atoms with Gasteiger partial charge < -0.3 is 8.98 Å². The van der Waals surface area contributed by atoms with Crippen LogP contribution >= 0.6 is 0 Å². The lowest BCUT2D eigenvalue weighted by atomic mass is 10.0. The third kappa shape index (κ3) is 4.90. The molecule has 0 aliphatic carbocycles. The number of furan rings is 1. The summed E-state index contributed by atoms with van der Waals surface area (Å²) in [4.78, 5) is 15.7. The van der Waals surface area contributed by atoms with Crippen LogP contribution in [0.2, 0.25) is 0 Å². The SMILES string of the molecule is c1ccc(-c2cccc(-c3nc(-c4ccccc4)nc(-c4cc5c(cc4-n4c6ccccc6c6cc7ccccc7cc64)oc4ccccc45)n3)c2)cc1. The molecule has 0 spiro atoms. The fraction of sp³-hybridized carbons (Fsp3) is 0. The summed E-state index contributed by atoms with van der Waals surface area (Å²) < 4.78 is 8.90. The zero-order chi connectivity index (χ0) is 35.6. The lowest BCUT2D eigenvalue weighted by molar-refractivity contribution is 0.668. The third-order valence-electron chi connectivity index (χ3n) is 10.4. The van der Waals surface area contributed by atoms with Crippen molar-refractivity contribution in [3.63, 3.8) is 0 Å². The Hall–Kier alpha value is -7.37. The number of rotatable bonds is 5. The molecule has 0 unspecified atom stereocenters. The van der Waals surface area contributed by atoms with Crippen LogP contribution in [-0.2, 0) is 0 Å². The first-order chi connectivity index (χ1) is 26.7. The highest BCUT2D eigenvalue weighted by atomic mass is 16.3. The van der Waals surface area contributed by atoms with Crippen LogP contribution in [0.5, 0.6) is 0 Å². The Morgan fingerprint density at radius 3 is 1.78 bits per heavy atom. The second-order valence-electron chi connectivity index (χ2n) is 13.7. The molecule has 0 fully saturated rings. The number of benzene rings is 8. The monoisotopic (exact) mass is 690 g/mol. The molecular weight excluding hydrogens is 661 g/mol. The van der Waals surface area contributed by atoms with Crippen molar-refractivity contribution in [2.45, 2.75) is 0 Å². The minimum Gasteiger partial charge on any atom is -0.456 e. The average Bonchev–Trinajstić information content (AvgIpc) is 3.77. The molecule has 11 aromatic rings. The number of hydrogen-bond donors (Lipinski definition) is 0. The van der Waals surface area contributed by atoms with Crippen LogP contribution in [0.1, 0.15) is 0 Å². The molecule has 0 N–H and O–H groups in total. The zero-order valence-electron chi connectivity index (χ0n) is 29.0. The highest BCUT2D eigenvalue weighted by molar-refractivity contribution is 6.15. The molecule has 252 valence electrons. The Kier molecular flexibility index (Phi) is 6.79. The van der Waals surface area contributed by atoms with Crippen LogP contribution < -0.4 is 0 Å². The van der Waals surface area contributed by atoms with E-state index in [1.165, 1.54) is 21.5 Å². The van der Waals surface area contributed by atoms with Crippen molar-refractivity contribution in [3.05, 3.63) is 182 Å². The second kappa shape index (κ2) is 12.1. The summed E-state index contributed by atoms with van der Waals surface area (Å²) in [5, 5.41) is 6.78.